The van der Waals surface area contributed by atoms with E-state index < -0.39 is 21.8 Å². The van der Waals surface area contributed by atoms with Gasteiger partial charge in [0.25, 0.3) is 11.8 Å². The van der Waals surface area contributed by atoms with Gasteiger partial charge in [-0.05, 0) is 80.6 Å². The Bertz CT molecular complexity index is 1380. The van der Waals surface area contributed by atoms with Crippen LogP contribution in [0, 0.1) is 5.82 Å². The molecule has 182 valence electrons. The van der Waals surface area contributed by atoms with Crippen molar-refractivity contribution in [2.24, 2.45) is 0 Å². The Morgan fingerprint density at radius 2 is 1.51 bits per heavy atom. The largest absolute Gasteiger partial charge is 0.290 e. The van der Waals surface area contributed by atoms with E-state index in [1.807, 2.05) is 0 Å². The average Bonchev–Trinajstić information content (AvgIpc) is 3.62. The molecule has 0 atom stereocenters. The molecule has 3 aromatic rings. The normalized spacial score (nSPS) is 15.7. The number of aromatic nitrogens is 2. The van der Waals surface area contributed by atoms with Crippen LogP contribution in [0.1, 0.15) is 51.4 Å². The zero-order chi connectivity index (χ0) is 24.6. The summed E-state index contributed by atoms with van der Waals surface area (Å²) < 4.78 is 41.7. The minimum atomic E-state index is -3.57. The number of hydrazine groups is 1. The zero-order valence-corrected chi connectivity index (χ0v) is 19.6. The molecular weight excluding hydrogens is 473 g/mol. The number of rotatable bonds is 5. The molecule has 2 aromatic carbocycles. The van der Waals surface area contributed by atoms with E-state index in [9.17, 15) is 22.4 Å². The number of carbonyl (C=O) groups excluding carboxylic acids is 2. The summed E-state index contributed by atoms with van der Waals surface area (Å²) in [6.07, 6.45) is 3.97. The molecule has 1 saturated heterocycles. The van der Waals surface area contributed by atoms with Gasteiger partial charge in [0, 0.05) is 29.9 Å². The molecule has 11 heteroatoms. The molecule has 1 aliphatic carbocycles. The van der Waals surface area contributed by atoms with Gasteiger partial charge in [-0.25, -0.2) is 17.5 Å². The molecule has 0 unspecified atom stereocenters. The Labute approximate surface area is 202 Å². The lowest BCUT2D eigenvalue weighted by molar-refractivity contribution is 0.0843. The minimum Gasteiger partial charge on any atom is -0.267 e. The van der Waals surface area contributed by atoms with Gasteiger partial charge in [0.15, 0.2) is 5.69 Å². The Kier molecular flexibility index (Phi) is 6.12. The summed E-state index contributed by atoms with van der Waals surface area (Å²) >= 11 is 0. The number of nitrogens with zero attached hydrogens (tertiary/aromatic N) is 3. The molecule has 9 nitrogen and oxygen atoms in total. The Hall–Kier alpha value is -3.57. The van der Waals surface area contributed by atoms with Crippen LogP contribution in [0.15, 0.2) is 53.4 Å². The zero-order valence-electron chi connectivity index (χ0n) is 18.8. The van der Waals surface area contributed by atoms with E-state index in [1.54, 1.807) is 16.8 Å². The van der Waals surface area contributed by atoms with E-state index in [-0.39, 0.29) is 22.0 Å². The maximum Gasteiger partial charge on any atom is 0.290 e. The third-order valence-electron chi connectivity index (χ3n) is 6.33. The lowest BCUT2D eigenvalue weighted by Gasteiger charge is -2.15. The molecule has 0 bridgehead atoms. The quantitative estimate of drug-likeness (QED) is 0.526. The van der Waals surface area contributed by atoms with E-state index in [2.05, 4.69) is 16.0 Å². The monoisotopic (exact) mass is 497 g/mol. The van der Waals surface area contributed by atoms with Crippen molar-refractivity contribution < 1.29 is 22.4 Å². The molecule has 2 amide bonds. The molecule has 2 N–H and O–H groups in total. The molecule has 0 saturated carbocycles. The fourth-order valence-electron chi connectivity index (χ4n) is 4.52. The van der Waals surface area contributed by atoms with Gasteiger partial charge in [0.1, 0.15) is 5.82 Å². The number of amides is 2. The van der Waals surface area contributed by atoms with Crippen LogP contribution < -0.4 is 10.9 Å². The van der Waals surface area contributed by atoms with E-state index in [0.29, 0.717) is 25.2 Å². The van der Waals surface area contributed by atoms with Crippen molar-refractivity contribution in [3.05, 3.63) is 76.9 Å². The topological polar surface area (TPSA) is 113 Å². The number of fused-ring (bicyclic) bond motifs is 1. The first-order valence-electron chi connectivity index (χ1n) is 11.4. The molecular formula is C24H24FN5O4S. The molecule has 2 aliphatic rings. The van der Waals surface area contributed by atoms with E-state index in [1.165, 1.54) is 40.7 Å². The number of nitrogens with one attached hydrogen (secondary N) is 2. The van der Waals surface area contributed by atoms with Crippen molar-refractivity contribution in [2.45, 2.75) is 37.0 Å². The van der Waals surface area contributed by atoms with Gasteiger partial charge in [0.2, 0.25) is 10.0 Å². The van der Waals surface area contributed by atoms with Gasteiger partial charge in [-0.3, -0.25) is 20.4 Å². The van der Waals surface area contributed by atoms with E-state index in [0.717, 1.165) is 36.9 Å². The minimum absolute atomic E-state index is 0.127. The predicted octanol–water partition coefficient (Wildman–Crippen LogP) is 2.36. The van der Waals surface area contributed by atoms with Crippen molar-refractivity contribution in [1.82, 2.24) is 24.9 Å². The molecule has 1 aromatic heterocycles. The number of carbonyl (C=O) groups is 2. The Morgan fingerprint density at radius 3 is 2.20 bits per heavy atom. The maximum atomic E-state index is 13.3. The molecule has 0 radical (unpaired) electrons. The average molecular weight is 498 g/mol. The second-order valence-corrected chi connectivity index (χ2v) is 10.5. The number of benzene rings is 2. The third kappa shape index (κ3) is 4.44. The van der Waals surface area contributed by atoms with Crippen LogP contribution >= 0.6 is 0 Å². The van der Waals surface area contributed by atoms with Crippen molar-refractivity contribution in [2.75, 3.05) is 13.1 Å². The summed E-state index contributed by atoms with van der Waals surface area (Å²) in [5.74, 6) is -1.51. The lowest BCUT2D eigenvalue weighted by Crippen LogP contribution is -2.42. The molecule has 2 heterocycles. The van der Waals surface area contributed by atoms with Crippen molar-refractivity contribution in [3.63, 3.8) is 0 Å². The number of sulfonamides is 1. The summed E-state index contributed by atoms with van der Waals surface area (Å²) in [4.78, 5) is 25.5. The second kappa shape index (κ2) is 9.23. The van der Waals surface area contributed by atoms with Gasteiger partial charge in [-0.2, -0.15) is 9.40 Å². The van der Waals surface area contributed by atoms with E-state index in [4.69, 9.17) is 0 Å². The summed E-state index contributed by atoms with van der Waals surface area (Å²) in [5, 5.41) is 4.42. The molecule has 5 rings (SSSR count). The van der Waals surface area contributed by atoms with Crippen LogP contribution in [-0.4, -0.2) is 47.4 Å². The number of hydrogen-bond donors (Lipinski definition) is 2. The lowest BCUT2D eigenvalue weighted by atomic mass is 10.2. The molecule has 1 fully saturated rings. The maximum absolute atomic E-state index is 13.3. The first kappa shape index (κ1) is 23.2. The highest BCUT2D eigenvalue weighted by Gasteiger charge is 2.28. The van der Waals surface area contributed by atoms with Crippen molar-refractivity contribution in [3.8, 4) is 5.69 Å². The van der Waals surface area contributed by atoms with Gasteiger partial charge < -0.3 is 0 Å². The summed E-state index contributed by atoms with van der Waals surface area (Å²) in [5.41, 5.74) is 7.50. The standard InChI is InChI=1S/C24H24FN5O4S/c25-17-8-10-18(11-9-17)30-21-5-3-4-20(21)22(28-30)24(32)27-26-23(31)16-6-12-19(13-7-16)35(33,34)29-14-1-2-15-29/h6-13H,1-5,14-15H2,(H,26,31)(H,27,32). The Morgan fingerprint density at radius 1 is 0.857 bits per heavy atom. The van der Waals surface area contributed by atoms with Gasteiger partial charge in [-0.15, -0.1) is 0 Å². The van der Waals surface area contributed by atoms with Gasteiger partial charge in [-0.1, -0.05) is 0 Å². The van der Waals surface area contributed by atoms with Crippen LogP contribution in [-0.2, 0) is 22.9 Å². The fourth-order valence-corrected chi connectivity index (χ4v) is 6.03. The summed E-state index contributed by atoms with van der Waals surface area (Å²) in [6.45, 7) is 0.994. The smallest absolute Gasteiger partial charge is 0.267 e. The first-order chi connectivity index (χ1) is 16.8. The second-order valence-electron chi connectivity index (χ2n) is 8.56. The highest BCUT2D eigenvalue weighted by molar-refractivity contribution is 7.89. The first-order valence-corrected chi connectivity index (χ1v) is 12.9. The van der Waals surface area contributed by atoms with Crippen LogP contribution in [0.25, 0.3) is 5.69 Å². The van der Waals surface area contributed by atoms with Crippen LogP contribution in [0.2, 0.25) is 0 Å². The van der Waals surface area contributed by atoms with Crippen molar-refractivity contribution in [1.29, 1.82) is 0 Å². The van der Waals surface area contributed by atoms with E-state index >= 15 is 0 Å². The fraction of sp³-hybridized carbons (Fsp3) is 0.292. The molecule has 35 heavy (non-hydrogen) atoms. The highest BCUT2D eigenvalue weighted by atomic mass is 32.2. The number of hydrogen-bond acceptors (Lipinski definition) is 5. The molecule has 1 aliphatic heterocycles. The van der Waals surface area contributed by atoms with Gasteiger partial charge in [0.05, 0.1) is 10.6 Å². The van der Waals surface area contributed by atoms with Crippen LogP contribution in [0.3, 0.4) is 0 Å². The van der Waals surface area contributed by atoms with Crippen molar-refractivity contribution >= 4 is 21.8 Å². The van der Waals surface area contributed by atoms with Crippen LogP contribution in [0.4, 0.5) is 4.39 Å². The van der Waals surface area contributed by atoms with Gasteiger partial charge >= 0.3 is 0 Å². The summed E-state index contributed by atoms with van der Waals surface area (Å²) in [6, 6.07) is 11.5. The van der Waals surface area contributed by atoms with Crippen LogP contribution in [0.5, 0.6) is 0 Å². The summed E-state index contributed by atoms with van der Waals surface area (Å²) in [7, 11) is -3.57. The predicted molar refractivity (Wildman–Crippen MR) is 125 cm³/mol. The highest BCUT2D eigenvalue weighted by Crippen LogP contribution is 2.28. The molecule has 0 spiro atoms. The Balaban J connectivity index is 1.27. The third-order valence-corrected chi connectivity index (χ3v) is 8.24. The number of halogens is 1. The SMILES string of the molecule is O=C(NNC(=O)c1nn(-c2ccc(F)cc2)c2c1CCC2)c1ccc(S(=O)(=O)N2CCCC2)cc1.